The molecule has 1 aliphatic rings. The standard InChI is InChI=1S/C22H23N3O/c1-26-19-12-10-18(11-13-19)21-16-20(17-8-4-2-5-9-17)23-22(24-21)25-14-6-3-7-15-25/h2,4-5,8-13,16H,3,6-7,14-15H2,1H3. The predicted octanol–water partition coefficient (Wildman–Crippen LogP) is 4.81. The van der Waals surface area contributed by atoms with Crippen LogP contribution in [-0.4, -0.2) is 30.2 Å². The van der Waals surface area contributed by atoms with Gasteiger partial charge >= 0.3 is 0 Å². The van der Waals surface area contributed by atoms with Gasteiger partial charge in [-0.25, -0.2) is 9.97 Å². The fourth-order valence-electron chi connectivity index (χ4n) is 3.34. The molecule has 0 spiro atoms. The summed E-state index contributed by atoms with van der Waals surface area (Å²) in [6, 6.07) is 20.4. The molecule has 2 aromatic carbocycles. The zero-order valence-corrected chi connectivity index (χ0v) is 15.1. The second-order valence-electron chi connectivity index (χ2n) is 6.58. The van der Waals surface area contributed by atoms with Crippen LogP contribution in [0.3, 0.4) is 0 Å². The molecule has 3 aromatic rings. The van der Waals surface area contributed by atoms with Gasteiger partial charge < -0.3 is 9.64 Å². The Bertz CT molecular complexity index is 856. The molecule has 0 bridgehead atoms. The number of benzene rings is 2. The predicted molar refractivity (Wildman–Crippen MR) is 106 cm³/mol. The van der Waals surface area contributed by atoms with Crippen molar-refractivity contribution in [1.29, 1.82) is 0 Å². The lowest BCUT2D eigenvalue weighted by Gasteiger charge is -2.27. The Morgan fingerprint density at radius 3 is 2.00 bits per heavy atom. The minimum absolute atomic E-state index is 0.830. The highest BCUT2D eigenvalue weighted by atomic mass is 16.5. The van der Waals surface area contributed by atoms with Crippen LogP contribution in [0.25, 0.3) is 22.5 Å². The minimum atomic E-state index is 0.830. The molecular weight excluding hydrogens is 322 g/mol. The number of rotatable bonds is 4. The van der Waals surface area contributed by atoms with Gasteiger partial charge in [0.2, 0.25) is 5.95 Å². The Morgan fingerprint density at radius 2 is 1.38 bits per heavy atom. The summed E-state index contributed by atoms with van der Waals surface area (Å²) in [7, 11) is 1.68. The molecule has 4 rings (SSSR count). The molecule has 1 aromatic heterocycles. The van der Waals surface area contributed by atoms with Gasteiger partial charge in [0.25, 0.3) is 0 Å². The fourth-order valence-corrected chi connectivity index (χ4v) is 3.34. The summed E-state index contributed by atoms with van der Waals surface area (Å²) in [4.78, 5) is 12.1. The SMILES string of the molecule is COc1ccc(-c2cc(-c3ccccc3)nc(N3CCCCC3)n2)cc1. The summed E-state index contributed by atoms with van der Waals surface area (Å²) in [5.41, 5.74) is 4.10. The van der Waals surface area contributed by atoms with Crippen molar-refractivity contribution < 1.29 is 4.74 Å². The average molecular weight is 345 g/mol. The molecule has 2 heterocycles. The van der Waals surface area contributed by atoms with Gasteiger partial charge in [0, 0.05) is 24.2 Å². The number of methoxy groups -OCH3 is 1. The van der Waals surface area contributed by atoms with Crippen molar-refractivity contribution in [2.75, 3.05) is 25.1 Å². The van der Waals surface area contributed by atoms with Crippen LogP contribution in [0, 0.1) is 0 Å². The molecule has 132 valence electrons. The minimum Gasteiger partial charge on any atom is -0.497 e. The highest BCUT2D eigenvalue weighted by molar-refractivity contribution is 5.70. The van der Waals surface area contributed by atoms with E-state index >= 15 is 0 Å². The molecule has 0 atom stereocenters. The zero-order chi connectivity index (χ0) is 17.8. The third-order valence-corrected chi connectivity index (χ3v) is 4.81. The van der Waals surface area contributed by atoms with E-state index in [1.807, 2.05) is 30.3 Å². The summed E-state index contributed by atoms with van der Waals surface area (Å²) >= 11 is 0. The Labute approximate surface area is 154 Å². The lowest BCUT2D eigenvalue weighted by atomic mass is 10.1. The third kappa shape index (κ3) is 3.54. The summed E-state index contributed by atoms with van der Waals surface area (Å²) in [6.45, 7) is 2.06. The maximum atomic E-state index is 5.28. The lowest BCUT2D eigenvalue weighted by molar-refractivity contribution is 0.415. The van der Waals surface area contributed by atoms with Gasteiger partial charge in [0.1, 0.15) is 5.75 Å². The van der Waals surface area contributed by atoms with Crippen LogP contribution in [0.5, 0.6) is 5.75 Å². The van der Waals surface area contributed by atoms with Crippen molar-refractivity contribution in [3.8, 4) is 28.3 Å². The summed E-state index contributed by atoms with van der Waals surface area (Å²) in [5, 5.41) is 0. The number of anilines is 1. The van der Waals surface area contributed by atoms with E-state index in [9.17, 15) is 0 Å². The lowest BCUT2D eigenvalue weighted by Crippen LogP contribution is -2.31. The maximum Gasteiger partial charge on any atom is 0.226 e. The van der Waals surface area contributed by atoms with Gasteiger partial charge in [-0.05, 0) is 49.6 Å². The first-order chi connectivity index (χ1) is 12.8. The van der Waals surface area contributed by atoms with Crippen molar-refractivity contribution in [3.63, 3.8) is 0 Å². The normalized spacial score (nSPS) is 14.3. The average Bonchev–Trinajstić information content (AvgIpc) is 2.75. The second-order valence-corrected chi connectivity index (χ2v) is 6.58. The van der Waals surface area contributed by atoms with Gasteiger partial charge in [-0.3, -0.25) is 0 Å². The van der Waals surface area contributed by atoms with Crippen molar-refractivity contribution in [3.05, 3.63) is 60.7 Å². The van der Waals surface area contributed by atoms with Crippen LogP contribution in [0.4, 0.5) is 5.95 Å². The molecule has 1 saturated heterocycles. The van der Waals surface area contributed by atoms with Gasteiger partial charge in [-0.15, -0.1) is 0 Å². The molecule has 0 aliphatic carbocycles. The molecule has 0 radical (unpaired) electrons. The highest BCUT2D eigenvalue weighted by Gasteiger charge is 2.16. The van der Waals surface area contributed by atoms with Crippen molar-refractivity contribution in [1.82, 2.24) is 9.97 Å². The summed E-state index contributed by atoms with van der Waals surface area (Å²) < 4.78 is 5.28. The Hall–Kier alpha value is -2.88. The van der Waals surface area contributed by atoms with E-state index in [4.69, 9.17) is 14.7 Å². The first-order valence-corrected chi connectivity index (χ1v) is 9.17. The van der Waals surface area contributed by atoms with Crippen molar-refractivity contribution in [2.45, 2.75) is 19.3 Å². The third-order valence-electron chi connectivity index (χ3n) is 4.81. The number of hydrogen-bond acceptors (Lipinski definition) is 4. The summed E-state index contributed by atoms with van der Waals surface area (Å²) in [6.07, 6.45) is 3.70. The smallest absolute Gasteiger partial charge is 0.226 e. The van der Waals surface area contributed by atoms with E-state index in [1.165, 1.54) is 19.3 Å². The number of aromatic nitrogens is 2. The highest BCUT2D eigenvalue weighted by Crippen LogP contribution is 2.28. The van der Waals surface area contributed by atoms with Gasteiger partial charge in [0.05, 0.1) is 18.5 Å². The largest absolute Gasteiger partial charge is 0.497 e. The van der Waals surface area contributed by atoms with Crippen LogP contribution in [0.1, 0.15) is 19.3 Å². The molecule has 0 amide bonds. The molecular formula is C22H23N3O. The van der Waals surface area contributed by atoms with E-state index < -0.39 is 0 Å². The fraction of sp³-hybridized carbons (Fsp3) is 0.273. The molecule has 1 fully saturated rings. The van der Waals surface area contributed by atoms with Crippen LogP contribution in [0.2, 0.25) is 0 Å². The molecule has 1 aliphatic heterocycles. The van der Waals surface area contributed by atoms with E-state index in [-0.39, 0.29) is 0 Å². The number of hydrogen-bond donors (Lipinski definition) is 0. The Morgan fingerprint density at radius 1 is 0.769 bits per heavy atom. The topological polar surface area (TPSA) is 38.2 Å². The quantitative estimate of drug-likeness (QED) is 0.680. The number of nitrogens with zero attached hydrogens (tertiary/aromatic N) is 3. The first-order valence-electron chi connectivity index (χ1n) is 9.17. The van der Waals surface area contributed by atoms with E-state index in [1.54, 1.807) is 7.11 Å². The van der Waals surface area contributed by atoms with Crippen LogP contribution < -0.4 is 9.64 Å². The zero-order valence-electron chi connectivity index (χ0n) is 15.1. The Balaban J connectivity index is 1.78. The van der Waals surface area contributed by atoms with Gasteiger partial charge in [-0.2, -0.15) is 0 Å². The van der Waals surface area contributed by atoms with E-state index in [0.717, 1.165) is 47.3 Å². The van der Waals surface area contributed by atoms with E-state index in [2.05, 4.69) is 35.2 Å². The molecule has 0 saturated carbocycles. The second kappa shape index (κ2) is 7.56. The van der Waals surface area contributed by atoms with E-state index in [0.29, 0.717) is 0 Å². The van der Waals surface area contributed by atoms with Gasteiger partial charge in [0.15, 0.2) is 0 Å². The van der Waals surface area contributed by atoms with Crippen LogP contribution in [0.15, 0.2) is 60.7 Å². The summed E-state index contributed by atoms with van der Waals surface area (Å²) in [5.74, 6) is 1.68. The van der Waals surface area contributed by atoms with Crippen LogP contribution >= 0.6 is 0 Å². The maximum absolute atomic E-state index is 5.28. The number of piperidine rings is 1. The van der Waals surface area contributed by atoms with Crippen molar-refractivity contribution >= 4 is 5.95 Å². The van der Waals surface area contributed by atoms with Gasteiger partial charge in [-0.1, -0.05) is 30.3 Å². The first kappa shape index (κ1) is 16.6. The Kier molecular flexibility index (Phi) is 4.82. The monoisotopic (exact) mass is 345 g/mol. The molecule has 0 unspecified atom stereocenters. The van der Waals surface area contributed by atoms with Crippen molar-refractivity contribution in [2.24, 2.45) is 0 Å². The molecule has 26 heavy (non-hydrogen) atoms. The molecule has 0 N–H and O–H groups in total. The molecule has 4 nitrogen and oxygen atoms in total. The number of ether oxygens (including phenoxy) is 1. The molecule has 4 heteroatoms. The van der Waals surface area contributed by atoms with Crippen LogP contribution in [-0.2, 0) is 0 Å².